The van der Waals surface area contributed by atoms with Crippen LogP contribution in [0.3, 0.4) is 0 Å². The van der Waals surface area contributed by atoms with Crippen LogP contribution in [0.4, 0.5) is 0 Å². The predicted octanol–water partition coefficient (Wildman–Crippen LogP) is 5.23. The third-order valence-electron chi connectivity index (χ3n) is 4.63. The first-order valence-corrected chi connectivity index (χ1v) is 10.2. The van der Waals surface area contributed by atoms with Crippen molar-refractivity contribution in [1.29, 1.82) is 0 Å². The van der Waals surface area contributed by atoms with E-state index in [0.29, 0.717) is 21.6 Å². The third kappa shape index (κ3) is 2.43. The van der Waals surface area contributed by atoms with Gasteiger partial charge in [0.1, 0.15) is 0 Å². The third-order valence-corrected chi connectivity index (χ3v) is 6.61. The van der Waals surface area contributed by atoms with Crippen molar-refractivity contribution in [3.63, 3.8) is 0 Å². The largest absolute Gasteiger partial charge is 0.268 e. The van der Waals surface area contributed by atoms with Crippen molar-refractivity contribution in [3.05, 3.63) is 83.9 Å². The van der Waals surface area contributed by atoms with Crippen LogP contribution in [0.25, 0.3) is 32.8 Å². The Hall–Kier alpha value is -2.89. The average Bonchev–Trinajstić information content (AvgIpc) is 3.01. The van der Waals surface area contributed by atoms with Gasteiger partial charge >= 0.3 is 0 Å². The minimum atomic E-state index is -3.78. The van der Waals surface area contributed by atoms with Crippen LogP contribution in [-0.4, -0.2) is 17.4 Å². The maximum atomic E-state index is 13.4. The van der Waals surface area contributed by atoms with Crippen molar-refractivity contribution in [2.75, 3.05) is 0 Å². The number of hydrogen-bond donors (Lipinski definition) is 0. The molecule has 0 unspecified atom stereocenters. The molecule has 0 saturated carbocycles. The molecule has 0 fully saturated rings. The molecule has 0 spiro atoms. The number of pyridine rings is 1. The Morgan fingerprint density at radius 2 is 1.56 bits per heavy atom. The van der Waals surface area contributed by atoms with Crippen molar-refractivity contribution in [1.82, 2.24) is 8.96 Å². The standard InChI is InChI=1S/C21H13ClN2O2S/c22-15-10-11-18-14(12-15)13-20-21(23-18)17-8-4-5-9-19(17)24(20)27(25,26)16-6-2-1-3-7-16/h1-13H. The maximum absolute atomic E-state index is 13.4. The van der Waals surface area contributed by atoms with Crippen LogP contribution in [0.2, 0.25) is 5.02 Å². The van der Waals surface area contributed by atoms with Crippen LogP contribution in [0, 0.1) is 0 Å². The molecule has 3 aromatic carbocycles. The summed E-state index contributed by atoms with van der Waals surface area (Å²) in [6.07, 6.45) is 0. The van der Waals surface area contributed by atoms with Gasteiger partial charge in [-0.15, -0.1) is 0 Å². The number of benzene rings is 3. The number of hydrogen-bond acceptors (Lipinski definition) is 3. The first kappa shape index (κ1) is 16.3. The molecule has 0 radical (unpaired) electrons. The highest BCUT2D eigenvalue weighted by Gasteiger charge is 2.24. The zero-order valence-electron chi connectivity index (χ0n) is 14.0. The number of rotatable bonds is 2. The molecule has 2 aromatic heterocycles. The van der Waals surface area contributed by atoms with E-state index in [9.17, 15) is 8.42 Å². The highest BCUT2D eigenvalue weighted by atomic mass is 35.5. The smallest absolute Gasteiger partial charge is 0.245 e. The summed E-state index contributed by atoms with van der Waals surface area (Å²) in [5.74, 6) is 0. The summed E-state index contributed by atoms with van der Waals surface area (Å²) in [7, 11) is -3.78. The van der Waals surface area contributed by atoms with E-state index in [2.05, 4.69) is 0 Å². The van der Waals surface area contributed by atoms with Gasteiger partial charge in [-0.2, -0.15) is 0 Å². The second-order valence-corrected chi connectivity index (χ2v) is 8.52. The highest BCUT2D eigenvalue weighted by molar-refractivity contribution is 7.90. The van der Waals surface area contributed by atoms with E-state index in [0.717, 1.165) is 16.3 Å². The molecule has 2 heterocycles. The molecule has 0 bridgehead atoms. The first-order chi connectivity index (χ1) is 13.1. The van der Waals surface area contributed by atoms with E-state index in [1.165, 1.54) is 3.97 Å². The van der Waals surface area contributed by atoms with Gasteiger partial charge in [0, 0.05) is 15.8 Å². The number of para-hydroxylation sites is 1. The molecule has 27 heavy (non-hydrogen) atoms. The lowest BCUT2D eigenvalue weighted by atomic mass is 10.2. The van der Waals surface area contributed by atoms with Crippen LogP contribution in [0.5, 0.6) is 0 Å². The Bertz CT molecular complexity index is 1440. The first-order valence-electron chi connectivity index (χ1n) is 8.36. The minimum Gasteiger partial charge on any atom is -0.245 e. The zero-order valence-corrected chi connectivity index (χ0v) is 15.6. The summed E-state index contributed by atoms with van der Waals surface area (Å²) in [5, 5.41) is 2.17. The van der Waals surface area contributed by atoms with Crippen molar-refractivity contribution >= 4 is 54.5 Å². The molecule has 0 saturated heterocycles. The summed E-state index contributed by atoms with van der Waals surface area (Å²) in [4.78, 5) is 4.97. The summed E-state index contributed by atoms with van der Waals surface area (Å²) < 4.78 is 28.2. The quantitative estimate of drug-likeness (QED) is 0.413. The summed E-state index contributed by atoms with van der Waals surface area (Å²) in [6.45, 7) is 0. The van der Waals surface area contributed by atoms with E-state index in [1.807, 2.05) is 30.3 Å². The molecule has 132 valence electrons. The van der Waals surface area contributed by atoms with Crippen molar-refractivity contribution < 1.29 is 8.42 Å². The Balaban J connectivity index is 1.98. The lowest BCUT2D eigenvalue weighted by molar-refractivity contribution is 0.590. The van der Waals surface area contributed by atoms with Crippen LogP contribution < -0.4 is 0 Å². The summed E-state index contributed by atoms with van der Waals surface area (Å²) in [6, 6.07) is 23.1. The molecule has 5 rings (SSSR count). The normalized spacial score (nSPS) is 12.2. The summed E-state index contributed by atoms with van der Waals surface area (Å²) in [5.41, 5.74) is 2.56. The van der Waals surface area contributed by atoms with Gasteiger partial charge in [-0.05, 0) is 42.5 Å². The van der Waals surface area contributed by atoms with Gasteiger partial charge < -0.3 is 0 Å². The number of fused-ring (bicyclic) bond motifs is 4. The van der Waals surface area contributed by atoms with Gasteiger partial charge in [0.05, 0.1) is 27.0 Å². The van der Waals surface area contributed by atoms with Crippen molar-refractivity contribution in [2.45, 2.75) is 4.90 Å². The Morgan fingerprint density at radius 3 is 2.37 bits per heavy atom. The molecule has 0 aliphatic heterocycles. The molecule has 6 heteroatoms. The monoisotopic (exact) mass is 392 g/mol. The van der Waals surface area contributed by atoms with Crippen molar-refractivity contribution in [2.24, 2.45) is 0 Å². The summed E-state index contributed by atoms with van der Waals surface area (Å²) >= 11 is 6.12. The van der Waals surface area contributed by atoms with Crippen LogP contribution in [-0.2, 0) is 10.0 Å². The van der Waals surface area contributed by atoms with Gasteiger partial charge in [0.2, 0.25) is 0 Å². The molecule has 0 atom stereocenters. The van der Waals surface area contributed by atoms with Gasteiger partial charge in [0.25, 0.3) is 10.0 Å². The average molecular weight is 393 g/mol. The lowest BCUT2D eigenvalue weighted by Gasteiger charge is -2.09. The van der Waals surface area contributed by atoms with Gasteiger partial charge in [-0.1, -0.05) is 48.0 Å². The van der Waals surface area contributed by atoms with Crippen LogP contribution in [0.1, 0.15) is 0 Å². The second-order valence-electron chi connectivity index (χ2n) is 6.29. The Labute approximate surface area is 160 Å². The van der Waals surface area contributed by atoms with Crippen LogP contribution in [0.15, 0.2) is 83.8 Å². The van der Waals surface area contributed by atoms with Crippen LogP contribution >= 0.6 is 11.6 Å². The second kappa shape index (κ2) is 5.81. The molecular weight excluding hydrogens is 380 g/mol. The molecule has 0 aliphatic rings. The number of aromatic nitrogens is 2. The molecular formula is C21H13ClN2O2S. The van der Waals surface area contributed by atoms with Gasteiger partial charge in [-0.3, -0.25) is 0 Å². The lowest BCUT2D eigenvalue weighted by Crippen LogP contribution is -2.12. The Morgan fingerprint density at radius 1 is 0.815 bits per heavy atom. The Kier molecular flexibility index (Phi) is 3.50. The maximum Gasteiger partial charge on any atom is 0.268 e. The molecule has 0 aliphatic carbocycles. The van der Waals surface area contributed by atoms with E-state index in [4.69, 9.17) is 16.6 Å². The fourth-order valence-electron chi connectivity index (χ4n) is 3.43. The highest BCUT2D eigenvalue weighted by Crippen LogP contribution is 2.33. The van der Waals surface area contributed by atoms with Gasteiger partial charge in [0.15, 0.2) is 0 Å². The zero-order chi connectivity index (χ0) is 18.6. The molecule has 0 amide bonds. The van der Waals surface area contributed by atoms with E-state index in [1.54, 1.807) is 48.5 Å². The number of halogens is 1. The van der Waals surface area contributed by atoms with E-state index in [-0.39, 0.29) is 4.90 Å². The topological polar surface area (TPSA) is 52.0 Å². The number of nitrogens with zero attached hydrogens (tertiary/aromatic N) is 2. The van der Waals surface area contributed by atoms with Gasteiger partial charge in [-0.25, -0.2) is 17.4 Å². The fourth-order valence-corrected chi connectivity index (χ4v) is 5.14. The molecule has 4 nitrogen and oxygen atoms in total. The van der Waals surface area contributed by atoms with E-state index >= 15 is 0 Å². The fraction of sp³-hybridized carbons (Fsp3) is 0. The SMILES string of the molecule is O=S(=O)(c1ccccc1)n1c2ccccc2c2nc3ccc(Cl)cc3cc21. The molecule has 0 N–H and O–H groups in total. The van der Waals surface area contributed by atoms with Crippen molar-refractivity contribution in [3.8, 4) is 0 Å². The predicted molar refractivity (Wildman–Crippen MR) is 109 cm³/mol. The van der Waals surface area contributed by atoms with E-state index < -0.39 is 10.0 Å². The molecule has 5 aromatic rings. The minimum absolute atomic E-state index is 0.235.